The van der Waals surface area contributed by atoms with Gasteiger partial charge in [-0.15, -0.1) is 9.24 Å². The van der Waals surface area contributed by atoms with E-state index in [0.717, 1.165) is 30.8 Å². The Balaban J connectivity index is 1.41. The molecule has 0 spiro atoms. The highest BCUT2D eigenvalue weighted by Crippen LogP contribution is 2.66. The molecule has 5 atom stereocenters. The van der Waals surface area contributed by atoms with Crippen LogP contribution in [0.2, 0.25) is 0 Å². The zero-order valence-corrected chi connectivity index (χ0v) is 29.0. The van der Waals surface area contributed by atoms with Crippen LogP contribution >= 0.6 is 9.24 Å². The molecule has 5 unspecified atom stereocenters. The third-order valence-electron chi connectivity index (χ3n) is 9.84. The van der Waals surface area contributed by atoms with Crippen molar-refractivity contribution in [3.8, 4) is 0 Å². The molecule has 1 heteroatoms. The monoisotopic (exact) mass is 600 g/mol. The van der Waals surface area contributed by atoms with Gasteiger partial charge in [0, 0.05) is 5.92 Å². The molecule has 3 aliphatic carbocycles. The minimum atomic E-state index is 0.498. The van der Waals surface area contributed by atoms with Crippen LogP contribution in [0.5, 0.6) is 0 Å². The van der Waals surface area contributed by atoms with Crippen LogP contribution in [0.4, 0.5) is 0 Å². The second kappa shape index (κ2) is 14.9. The SMILES string of the molecule is C=C(C=CC=C(C1=C(C)CCCC(C)C=C1)C(Cc1cccc(P)c1)C1C2=CC21)CC(C)=Cc1c(C)cccc1CCCC. The first-order valence-electron chi connectivity index (χ1n) is 17.0. The van der Waals surface area contributed by atoms with Crippen LogP contribution in [0.1, 0.15) is 88.5 Å². The summed E-state index contributed by atoms with van der Waals surface area (Å²) in [4.78, 5) is 0. The predicted molar refractivity (Wildman–Crippen MR) is 197 cm³/mol. The van der Waals surface area contributed by atoms with E-state index in [9.17, 15) is 0 Å². The van der Waals surface area contributed by atoms with Crippen LogP contribution < -0.4 is 5.30 Å². The quantitative estimate of drug-likeness (QED) is 0.122. The summed E-state index contributed by atoms with van der Waals surface area (Å²) in [7, 11) is 2.88. The van der Waals surface area contributed by atoms with Gasteiger partial charge in [-0.3, -0.25) is 0 Å². The number of hydrogen-bond acceptors (Lipinski definition) is 0. The smallest absolute Gasteiger partial charge is 0.00550 e. The van der Waals surface area contributed by atoms with Gasteiger partial charge < -0.3 is 0 Å². The molecule has 0 bridgehead atoms. The molecule has 0 saturated heterocycles. The van der Waals surface area contributed by atoms with Crippen molar-refractivity contribution in [3.05, 3.63) is 141 Å². The maximum absolute atomic E-state index is 4.49. The van der Waals surface area contributed by atoms with Gasteiger partial charge >= 0.3 is 0 Å². The number of fused-ring (bicyclic) bond motifs is 1. The van der Waals surface area contributed by atoms with E-state index in [1.165, 1.54) is 82.0 Å². The van der Waals surface area contributed by atoms with Crippen LogP contribution in [0, 0.1) is 30.6 Å². The van der Waals surface area contributed by atoms with Crippen LogP contribution in [0.3, 0.4) is 0 Å². The summed E-state index contributed by atoms with van der Waals surface area (Å²) < 4.78 is 0. The molecule has 0 heterocycles. The molecule has 0 N–H and O–H groups in total. The lowest BCUT2D eigenvalue weighted by atomic mass is 9.78. The van der Waals surface area contributed by atoms with E-state index in [1.807, 2.05) is 0 Å². The van der Waals surface area contributed by atoms with Crippen molar-refractivity contribution in [1.82, 2.24) is 0 Å². The summed E-state index contributed by atoms with van der Waals surface area (Å²) in [6.45, 7) is 16.0. The lowest BCUT2D eigenvalue weighted by Gasteiger charge is -2.26. The Bertz CT molecular complexity index is 1550. The van der Waals surface area contributed by atoms with Gasteiger partial charge in [0.25, 0.3) is 0 Å². The van der Waals surface area contributed by atoms with Gasteiger partial charge in [0.05, 0.1) is 0 Å². The minimum Gasteiger partial charge on any atom is -0.106 e. The van der Waals surface area contributed by atoms with Crippen LogP contribution in [0.15, 0.2) is 119 Å². The molecule has 1 fully saturated rings. The fourth-order valence-corrected chi connectivity index (χ4v) is 7.41. The standard InChI is InChI=1S/C43H53P/c1-7-8-18-35-19-11-16-33(6)39(35)25-31(4)24-30(3)14-10-21-38(37-23-22-29(2)13-9-15-32(37)5)40(43-41-28-42(41)43)27-34-17-12-20-36(44)26-34/h10-12,14,16-17,19-23,25-26,28-29,40-41,43H,3,7-9,13,15,18,24,27,44H2,1-2,4-6H3. The maximum atomic E-state index is 4.49. The van der Waals surface area contributed by atoms with Gasteiger partial charge in [0.1, 0.15) is 0 Å². The first kappa shape index (κ1) is 32.4. The van der Waals surface area contributed by atoms with E-state index < -0.39 is 0 Å². The zero-order chi connectivity index (χ0) is 31.2. The second-order valence-electron chi connectivity index (χ2n) is 13.8. The first-order valence-corrected chi connectivity index (χ1v) is 17.6. The maximum Gasteiger partial charge on any atom is 0.00550 e. The number of benzene rings is 2. The Hall–Kier alpha value is -2.95. The van der Waals surface area contributed by atoms with Crippen molar-refractivity contribution >= 4 is 20.6 Å². The normalized spacial score (nSPS) is 22.4. The molecule has 1 saturated carbocycles. The molecule has 44 heavy (non-hydrogen) atoms. The van der Waals surface area contributed by atoms with Gasteiger partial charge in [-0.2, -0.15) is 0 Å². The number of unbranched alkanes of at least 4 members (excludes halogenated alkanes) is 1. The van der Waals surface area contributed by atoms with Crippen molar-refractivity contribution < 1.29 is 0 Å². The molecular formula is C43H53P. The topological polar surface area (TPSA) is 0 Å². The highest BCUT2D eigenvalue weighted by atomic mass is 31.0. The molecular weight excluding hydrogens is 547 g/mol. The van der Waals surface area contributed by atoms with Crippen molar-refractivity contribution in [3.63, 3.8) is 0 Å². The number of allylic oxidation sites excluding steroid dienone is 12. The Kier molecular flexibility index (Phi) is 11.0. The molecule has 3 aliphatic rings. The molecule has 0 radical (unpaired) electrons. The Morgan fingerprint density at radius 3 is 2.66 bits per heavy atom. The second-order valence-corrected chi connectivity index (χ2v) is 14.4. The van der Waals surface area contributed by atoms with Crippen molar-refractivity contribution in [2.45, 2.75) is 86.0 Å². The van der Waals surface area contributed by atoms with Gasteiger partial charge in [0.2, 0.25) is 0 Å². The summed E-state index contributed by atoms with van der Waals surface area (Å²) in [5.74, 6) is 2.57. The summed E-state index contributed by atoms with van der Waals surface area (Å²) in [6, 6.07) is 15.8. The zero-order valence-electron chi connectivity index (χ0n) is 27.8. The van der Waals surface area contributed by atoms with E-state index in [4.69, 9.17) is 0 Å². The van der Waals surface area contributed by atoms with Crippen LogP contribution in [-0.4, -0.2) is 0 Å². The highest BCUT2D eigenvalue weighted by molar-refractivity contribution is 7.27. The van der Waals surface area contributed by atoms with Gasteiger partial charge in [-0.25, -0.2) is 0 Å². The summed E-state index contributed by atoms with van der Waals surface area (Å²) in [5.41, 5.74) is 14.4. The summed E-state index contributed by atoms with van der Waals surface area (Å²) in [5, 5.41) is 1.27. The number of rotatable bonds is 13. The molecule has 0 aliphatic heterocycles. The average Bonchev–Trinajstić information content (AvgIpc) is 3.89. The largest absolute Gasteiger partial charge is 0.106 e. The van der Waals surface area contributed by atoms with Crippen LogP contribution in [-0.2, 0) is 12.8 Å². The minimum absolute atomic E-state index is 0.498. The van der Waals surface area contributed by atoms with Crippen LogP contribution in [0.25, 0.3) is 6.08 Å². The third kappa shape index (κ3) is 8.40. The molecule has 5 rings (SSSR count). The third-order valence-corrected chi connectivity index (χ3v) is 10.2. The van der Waals surface area contributed by atoms with E-state index in [0.29, 0.717) is 17.8 Å². The molecule has 2 aromatic carbocycles. The predicted octanol–water partition coefficient (Wildman–Crippen LogP) is 11.4. The van der Waals surface area contributed by atoms with Crippen molar-refractivity contribution in [2.75, 3.05) is 0 Å². The van der Waals surface area contributed by atoms with Gasteiger partial charge in [-0.05, 0) is 122 Å². The van der Waals surface area contributed by atoms with E-state index in [2.05, 4.69) is 135 Å². The Morgan fingerprint density at radius 1 is 1.14 bits per heavy atom. The average molecular weight is 601 g/mol. The fourth-order valence-electron chi connectivity index (χ4n) is 7.08. The van der Waals surface area contributed by atoms with Gasteiger partial charge in [-0.1, -0.05) is 134 Å². The molecule has 0 aromatic heterocycles. The van der Waals surface area contributed by atoms with Gasteiger partial charge in [0.15, 0.2) is 0 Å². The molecule has 0 nitrogen and oxygen atoms in total. The fraction of sp³-hybridized carbons (Fsp3) is 0.395. The molecule has 2 aromatic rings. The van der Waals surface area contributed by atoms with Crippen molar-refractivity contribution in [1.29, 1.82) is 0 Å². The van der Waals surface area contributed by atoms with E-state index in [1.54, 1.807) is 5.57 Å². The lowest BCUT2D eigenvalue weighted by molar-refractivity contribution is 0.519. The molecule has 0 amide bonds. The van der Waals surface area contributed by atoms with Crippen molar-refractivity contribution in [2.24, 2.45) is 23.7 Å². The van der Waals surface area contributed by atoms with E-state index in [-0.39, 0.29) is 0 Å². The summed E-state index contributed by atoms with van der Waals surface area (Å²) >= 11 is 0. The van der Waals surface area contributed by atoms with E-state index >= 15 is 0 Å². The Morgan fingerprint density at radius 2 is 1.93 bits per heavy atom. The first-order chi connectivity index (χ1) is 21.2. The number of hydrogen-bond donors (Lipinski definition) is 0. The molecule has 230 valence electrons. The highest BCUT2D eigenvalue weighted by Gasteiger charge is 2.57. The number of aryl methyl sites for hydroxylation is 2. The summed E-state index contributed by atoms with van der Waals surface area (Å²) in [6.07, 6.45) is 26.1. The lowest BCUT2D eigenvalue weighted by Crippen LogP contribution is -2.16. The Labute approximate surface area is 270 Å².